The first-order chi connectivity index (χ1) is 11.5. The van der Waals surface area contributed by atoms with E-state index in [0.717, 1.165) is 6.54 Å². The second-order valence-electron chi connectivity index (χ2n) is 8.10. The van der Waals surface area contributed by atoms with E-state index < -0.39 is 8.07 Å². The molecule has 2 heteroatoms. The van der Waals surface area contributed by atoms with Crippen LogP contribution in [-0.4, -0.2) is 14.1 Å². The number of hydrogen-bond donors (Lipinski definition) is 1. The summed E-state index contributed by atoms with van der Waals surface area (Å²) in [7, 11) is -1.19. The first kappa shape index (κ1) is 21.2. The molecule has 1 rings (SSSR count). The first-order valence-corrected chi connectivity index (χ1v) is 13.5. The second-order valence-corrected chi connectivity index (χ2v) is 13.1. The maximum absolute atomic E-state index is 3.85. The van der Waals surface area contributed by atoms with Crippen molar-refractivity contribution in [3.05, 3.63) is 47.2 Å². The molecule has 0 aliphatic heterocycles. The van der Waals surface area contributed by atoms with Gasteiger partial charge >= 0.3 is 0 Å². The molecule has 1 aromatic carbocycles. The van der Waals surface area contributed by atoms with Crippen LogP contribution in [0.15, 0.2) is 41.6 Å². The molecule has 0 aliphatic rings. The van der Waals surface area contributed by atoms with Crippen LogP contribution in [0.5, 0.6) is 0 Å². The summed E-state index contributed by atoms with van der Waals surface area (Å²) in [6.07, 6.45) is 9.17. The van der Waals surface area contributed by atoms with E-state index in [-0.39, 0.29) is 0 Å². The maximum Gasteiger partial charge on any atom is 0.0687 e. The van der Waals surface area contributed by atoms with Crippen LogP contribution in [0.2, 0.25) is 19.6 Å². The molecule has 24 heavy (non-hydrogen) atoms. The summed E-state index contributed by atoms with van der Waals surface area (Å²) < 4.78 is 0. The fraction of sp³-hybridized carbons (Fsp3) is 0.636. The normalized spacial score (nSPS) is 14.0. The van der Waals surface area contributed by atoms with Crippen molar-refractivity contribution < 1.29 is 0 Å². The van der Waals surface area contributed by atoms with Gasteiger partial charge in [-0.1, -0.05) is 101 Å². The summed E-state index contributed by atoms with van der Waals surface area (Å²) >= 11 is 0. The predicted molar refractivity (Wildman–Crippen MR) is 112 cm³/mol. The van der Waals surface area contributed by atoms with E-state index in [1.54, 1.807) is 5.57 Å². The SMILES string of the molecule is CCCCCC/C(=C\[Si](C)(C)C)C(CCC)NCc1ccccc1. The summed E-state index contributed by atoms with van der Waals surface area (Å²) in [6.45, 7) is 12.9. The monoisotopic (exact) mass is 345 g/mol. The fourth-order valence-corrected chi connectivity index (χ4v) is 4.66. The van der Waals surface area contributed by atoms with Gasteiger partial charge in [-0.25, -0.2) is 0 Å². The standard InChI is InChI=1S/C22H39NSi/c1-6-8-9-13-17-21(19-24(3,4)5)22(14-7-2)23-18-20-15-11-10-12-16-20/h10-12,15-16,19,22-23H,6-9,13-14,17-18H2,1-5H3/b21-19+. The van der Waals surface area contributed by atoms with Crippen LogP contribution in [0, 0.1) is 0 Å². The van der Waals surface area contributed by atoms with E-state index >= 15 is 0 Å². The van der Waals surface area contributed by atoms with Gasteiger partial charge in [0, 0.05) is 12.6 Å². The summed E-state index contributed by atoms with van der Waals surface area (Å²) in [6, 6.07) is 11.4. The van der Waals surface area contributed by atoms with Crippen molar-refractivity contribution in [1.82, 2.24) is 5.32 Å². The summed E-state index contributed by atoms with van der Waals surface area (Å²) in [5.41, 5.74) is 5.73. The van der Waals surface area contributed by atoms with E-state index in [2.05, 4.69) is 74.8 Å². The van der Waals surface area contributed by atoms with Gasteiger partial charge in [0.15, 0.2) is 0 Å². The average Bonchev–Trinajstić information content (AvgIpc) is 2.54. The highest BCUT2D eigenvalue weighted by molar-refractivity contribution is 6.81. The molecular formula is C22H39NSi. The van der Waals surface area contributed by atoms with Crippen LogP contribution >= 0.6 is 0 Å². The Morgan fingerprint density at radius 1 is 1.00 bits per heavy atom. The fourth-order valence-electron chi connectivity index (χ4n) is 3.20. The Morgan fingerprint density at radius 3 is 2.29 bits per heavy atom. The van der Waals surface area contributed by atoms with E-state index in [0.29, 0.717) is 6.04 Å². The van der Waals surface area contributed by atoms with Gasteiger partial charge in [-0.15, -0.1) is 0 Å². The van der Waals surface area contributed by atoms with Crippen LogP contribution in [-0.2, 0) is 6.54 Å². The largest absolute Gasteiger partial charge is 0.306 e. The van der Waals surface area contributed by atoms with Gasteiger partial charge in [-0.2, -0.15) is 0 Å². The molecule has 0 aromatic heterocycles. The highest BCUT2D eigenvalue weighted by Gasteiger charge is 2.17. The van der Waals surface area contributed by atoms with Crippen molar-refractivity contribution in [2.45, 2.75) is 91.0 Å². The molecule has 0 amide bonds. The zero-order chi connectivity index (χ0) is 17.8. The van der Waals surface area contributed by atoms with Crippen LogP contribution < -0.4 is 5.32 Å². The van der Waals surface area contributed by atoms with E-state index in [4.69, 9.17) is 0 Å². The van der Waals surface area contributed by atoms with E-state index in [9.17, 15) is 0 Å². The maximum atomic E-state index is 3.85. The summed E-state index contributed by atoms with van der Waals surface area (Å²) in [4.78, 5) is 0. The third-order valence-corrected chi connectivity index (χ3v) is 5.59. The molecular weight excluding hydrogens is 306 g/mol. The smallest absolute Gasteiger partial charge is 0.0687 e. The summed E-state index contributed by atoms with van der Waals surface area (Å²) in [5, 5.41) is 3.85. The highest BCUT2D eigenvalue weighted by Crippen LogP contribution is 2.21. The third kappa shape index (κ3) is 9.44. The summed E-state index contributed by atoms with van der Waals surface area (Å²) in [5.74, 6) is 0. The van der Waals surface area contributed by atoms with Crippen molar-refractivity contribution in [1.29, 1.82) is 0 Å². The minimum Gasteiger partial charge on any atom is -0.306 e. The molecule has 0 saturated carbocycles. The lowest BCUT2D eigenvalue weighted by molar-refractivity contribution is 0.506. The topological polar surface area (TPSA) is 12.0 Å². The number of rotatable bonds is 12. The molecule has 0 fully saturated rings. The molecule has 1 unspecified atom stereocenters. The molecule has 1 atom stereocenters. The van der Waals surface area contributed by atoms with Crippen molar-refractivity contribution in [2.75, 3.05) is 0 Å². The van der Waals surface area contributed by atoms with Gasteiger partial charge in [0.2, 0.25) is 0 Å². The van der Waals surface area contributed by atoms with Gasteiger partial charge in [0.25, 0.3) is 0 Å². The molecule has 0 saturated heterocycles. The second kappa shape index (κ2) is 11.6. The van der Waals surface area contributed by atoms with Crippen LogP contribution in [0.25, 0.3) is 0 Å². The van der Waals surface area contributed by atoms with Gasteiger partial charge in [-0.05, 0) is 24.8 Å². The van der Waals surface area contributed by atoms with Gasteiger partial charge in [-0.3, -0.25) is 0 Å². The first-order valence-electron chi connectivity index (χ1n) is 9.95. The Morgan fingerprint density at radius 2 is 1.71 bits per heavy atom. The predicted octanol–water partition coefficient (Wildman–Crippen LogP) is 6.72. The van der Waals surface area contributed by atoms with E-state index in [1.165, 1.54) is 50.5 Å². The van der Waals surface area contributed by atoms with Crippen LogP contribution in [0.4, 0.5) is 0 Å². The molecule has 0 radical (unpaired) electrons. The minimum atomic E-state index is -1.19. The van der Waals surface area contributed by atoms with Gasteiger partial charge in [0.1, 0.15) is 0 Å². The lowest BCUT2D eigenvalue weighted by Gasteiger charge is -2.25. The zero-order valence-electron chi connectivity index (χ0n) is 16.7. The molecule has 136 valence electrons. The Hall–Kier alpha value is -0.863. The number of hydrogen-bond acceptors (Lipinski definition) is 1. The Kier molecular flexibility index (Phi) is 10.3. The van der Waals surface area contributed by atoms with E-state index in [1.807, 2.05) is 0 Å². The zero-order valence-corrected chi connectivity index (χ0v) is 17.7. The van der Waals surface area contributed by atoms with Crippen molar-refractivity contribution in [3.8, 4) is 0 Å². The third-order valence-electron chi connectivity index (χ3n) is 4.36. The van der Waals surface area contributed by atoms with Crippen molar-refractivity contribution in [3.63, 3.8) is 0 Å². The van der Waals surface area contributed by atoms with Crippen LogP contribution in [0.1, 0.15) is 64.4 Å². The molecule has 0 aliphatic carbocycles. The van der Waals surface area contributed by atoms with Crippen LogP contribution in [0.3, 0.4) is 0 Å². The molecule has 0 spiro atoms. The van der Waals surface area contributed by atoms with Gasteiger partial charge in [0.05, 0.1) is 8.07 Å². The molecule has 1 nitrogen and oxygen atoms in total. The molecule has 1 aromatic rings. The average molecular weight is 346 g/mol. The van der Waals surface area contributed by atoms with Gasteiger partial charge < -0.3 is 5.32 Å². The quantitative estimate of drug-likeness (QED) is 0.327. The number of benzene rings is 1. The Balaban J connectivity index is 2.76. The number of unbranched alkanes of at least 4 members (excludes halogenated alkanes) is 3. The highest BCUT2D eigenvalue weighted by atomic mass is 28.3. The number of nitrogens with one attached hydrogen (secondary N) is 1. The Labute approximate surface area is 152 Å². The molecule has 1 N–H and O–H groups in total. The van der Waals surface area contributed by atoms with Crippen molar-refractivity contribution >= 4 is 8.07 Å². The lowest BCUT2D eigenvalue weighted by Crippen LogP contribution is -2.32. The molecule has 0 bridgehead atoms. The van der Waals surface area contributed by atoms with Crippen molar-refractivity contribution in [2.24, 2.45) is 0 Å². The Bertz CT molecular complexity index is 459. The molecule has 0 heterocycles. The minimum absolute atomic E-state index is 0.545. The lowest BCUT2D eigenvalue weighted by atomic mass is 9.97.